The zero-order valence-corrected chi connectivity index (χ0v) is 12.3. The van der Waals surface area contributed by atoms with E-state index in [0.29, 0.717) is 18.2 Å². The maximum absolute atomic E-state index is 11.8. The monoisotopic (exact) mass is 310 g/mol. The molecule has 4 atom stereocenters. The van der Waals surface area contributed by atoms with Gasteiger partial charge in [0.05, 0.1) is 19.6 Å². The van der Waals surface area contributed by atoms with Crippen molar-refractivity contribution in [2.45, 2.75) is 44.2 Å². The van der Waals surface area contributed by atoms with E-state index in [1.807, 2.05) is 13.8 Å². The number of nitrogens with one attached hydrogen (secondary N) is 2. The molecule has 4 heterocycles. The summed E-state index contributed by atoms with van der Waals surface area (Å²) in [5.74, 6) is -0.389. The molecule has 4 rings (SSSR count). The summed E-state index contributed by atoms with van der Waals surface area (Å²) in [7, 11) is 0. The number of aromatic nitrogens is 2. The van der Waals surface area contributed by atoms with Crippen LogP contribution in [0.2, 0.25) is 0 Å². The zero-order valence-electron chi connectivity index (χ0n) is 12.3. The number of amides is 1. The number of rotatable bonds is 2. The highest BCUT2D eigenvalue weighted by molar-refractivity contribution is 5.98. The average molecular weight is 310 g/mol. The van der Waals surface area contributed by atoms with Crippen LogP contribution in [0.5, 0.6) is 0 Å². The minimum atomic E-state index is -0.740. The van der Waals surface area contributed by atoms with Gasteiger partial charge < -0.3 is 30.0 Å². The number of aliphatic hydroxyl groups excluding tert-OH is 1. The van der Waals surface area contributed by atoms with Gasteiger partial charge in [0.15, 0.2) is 17.7 Å². The summed E-state index contributed by atoms with van der Waals surface area (Å²) in [6, 6.07) is 0. The molecule has 1 aromatic heterocycles. The number of hydrogen-bond acceptors (Lipinski definition) is 7. The van der Waals surface area contributed by atoms with Gasteiger partial charge >= 0.3 is 0 Å². The standard InChI is InChI=1S/C13H18N4O5/c1-13(2)21-8-6(3-18)20-12(9(8)22-13)17-5-16-7-10(17)14-4-15-11(7)19/h5-6,8-9,12,14,18H,3-4H2,1-2H3,(H,15,19)/t6-,8-,9-,12-/m1/s1. The van der Waals surface area contributed by atoms with Gasteiger partial charge in [-0.15, -0.1) is 0 Å². The molecule has 0 aliphatic carbocycles. The third-order valence-electron chi connectivity index (χ3n) is 4.09. The summed E-state index contributed by atoms with van der Waals surface area (Å²) in [5, 5.41) is 15.3. The van der Waals surface area contributed by atoms with Crippen LogP contribution in [0.3, 0.4) is 0 Å². The quantitative estimate of drug-likeness (QED) is 0.670. The average Bonchev–Trinajstić information content (AvgIpc) is 3.10. The number of anilines is 1. The second-order valence-electron chi connectivity index (χ2n) is 6.02. The summed E-state index contributed by atoms with van der Waals surface area (Å²) in [5.41, 5.74) is 0.317. The van der Waals surface area contributed by atoms with Crippen LogP contribution in [0.1, 0.15) is 30.6 Å². The first-order valence-electron chi connectivity index (χ1n) is 7.21. The van der Waals surface area contributed by atoms with Gasteiger partial charge in [-0.05, 0) is 13.8 Å². The molecule has 9 heteroatoms. The van der Waals surface area contributed by atoms with Gasteiger partial charge in [-0.2, -0.15) is 0 Å². The lowest BCUT2D eigenvalue weighted by Gasteiger charge is -2.26. The van der Waals surface area contributed by atoms with Gasteiger partial charge in [0.1, 0.15) is 24.1 Å². The Labute approximate surface area is 126 Å². The first-order valence-corrected chi connectivity index (χ1v) is 7.21. The van der Waals surface area contributed by atoms with E-state index in [1.165, 1.54) is 0 Å². The first-order chi connectivity index (χ1) is 10.5. The van der Waals surface area contributed by atoms with Crippen LogP contribution in [0.4, 0.5) is 5.82 Å². The van der Waals surface area contributed by atoms with E-state index in [1.54, 1.807) is 10.9 Å². The topological polar surface area (TPSA) is 107 Å². The lowest BCUT2D eigenvalue weighted by molar-refractivity contribution is -0.199. The predicted octanol–water partition coefficient (Wildman–Crippen LogP) is -0.594. The Morgan fingerprint density at radius 3 is 2.95 bits per heavy atom. The van der Waals surface area contributed by atoms with Crippen LogP contribution in [-0.2, 0) is 14.2 Å². The molecule has 0 aromatic carbocycles. The third-order valence-corrected chi connectivity index (χ3v) is 4.09. The maximum atomic E-state index is 11.8. The Morgan fingerprint density at radius 2 is 2.18 bits per heavy atom. The SMILES string of the molecule is CC1(C)O[C@@H]2[C@H](O1)[C@@H](CO)O[C@H]2n1cnc2c1NCNC2=O. The Hall–Kier alpha value is -1.68. The van der Waals surface area contributed by atoms with Crippen molar-refractivity contribution >= 4 is 11.7 Å². The number of ether oxygens (including phenoxy) is 3. The predicted molar refractivity (Wildman–Crippen MR) is 73.0 cm³/mol. The minimum Gasteiger partial charge on any atom is -0.394 e. The molecule has 0 saturated carbocycles. The normalized spacial score (nSPS) is 35.7. The van der Waals surface area contributed by atoms with Crippen LogP contribution in [-0.4, -0.2) is 57.9 Å². The third kappa shape index (κ3) is 1.93. The molecule has 0 bridgehead atoms. The number of fused-ring (bicyclic) bond motifs is 2. The molecule has 2 fully saturated rings. The fraction of sp³-hybridized carbons (Fsp3) is 0.692. The number of hydrogen-bond donors (Lipinski definition) is 3. The number of carbonyl (C=O) groups excluding carboxylic acids is 1. The molecule has 9 nitrogen and oxygen atoms in total. The Morgan fingerprint density at radius 1 is 1.41 bits per heavy atom. The van der Waals surface area contributed by atoms with E-state index >= 15 is 0 Å². The van der Waals surface area contributed by atoms with E-state index in [2.05, 4.69) is 15.6 Å². The zero-order chi connectivity index (χ0) is 15.5. The highest BCUT2D eigenvalue weighted by Crippen LogP contribution is 2.44. The Kier molecular flexibility index (Phi) is 2.95. The molecular weight excluding hydrogens is 292 g/mol. The van der Waals surface area contributed by atoms with E-state index in [9.17, 15) is 9.90 Å². The molecule has 3 N–H and O–H groups in total. The molecule has 0 unspecified atom stereocenters. The molecule has 1 amide bonds. The van der Waals surface area contributed by atoms with E-state index in [4.69, 9.17) is 14.2 Å². The lowest BCUT2D eigenvalue weighted by Crippen LogP contribution is -2.36. The van der Waals surface area contributed by atoms with Crippen molar-refractivity contribution in [3.8, 4) is 0 Å². The molecule has 3 aliphatic rings. The van der Waals surface area contributed by atoms with Crippen LogP contribution in [0.25, 0.3) is 0 Å². The van der Waals surface area contributed by atoms with Gasteiger partial charge in [0, 0.05) is 0 Å². The second kappa shape index (κ2) is 4.66. The summed E-state index contributed by atoms with van der Waals surface area (Å²) in [4.78, 5) is 15.9. The van der Waals surface area contributed by atoms with Crippen LogP contribution < -0.4 is 10.6 Å². The molecule has 22 heavy (non-hydrogen) atoms. The molecule has 0 radical (unpaired) electrons. The van der Waals surface area contributed by atoms with Crippen LogP contribution in [0.15, 0.2) is 6.33 Å². The van der Waals surface area contributed by atoms with Crippen molar-refractivity contribution in [3.63, 3.8) is 0 Å². The first kappa shape index (κ1) is 13.9. The molecule has 1 aromatic rings. The Balaban J connectivity index is 1.70. The van der Waals surface area contributed by atoms with Crippen molar-refractivity contribution in [3.05, 3.63) is 12.0 Å². The fourth-order valence-corrected chi connectivity index (χ4v) is 3.22. The van der Waals surface area contributed by atoms with Crippen molar-refractivity contribution in [2.75, 3.05) is 18.6 Å². The largest absolute Gasteiger partial charge is 0.394 e. The Bertz CT molecular complexity index is 616. The lowest BCUT2D eigenvalue weighted by atomic mass is 10.1. The highest BCUT2D eigenvalue weighted by Gasteiger charge is 2.56. The van der Waals surface area contributed by atoms with Gasteiger partial charge in [0.2, 0.25) is 0 Å². The summed E-state index contributed by atoms with van der Waals surface area (Å²) in [6.07, 6.45) is -0.192. The smallest absolute Gasteiger partial charge is 0.275 e. The van der Waals surface area contributed by atoms with Crippen LogP contribution in [0, 0.1) is 0 Å². The fourth-order valence-electron chi connectivity index (χ4n) is 3.22. The van der Waals surface area contributed by atoms with Gasteiger partial charge in [0.25, 0.3) is 5.91 Å². The number of nitrogens with zero attached hydrogens (tertiary/aromatic N) is 2. The molecular formula is C13H18N4O5. The number of carbonyl (C=O) groups is 1. The molecule has 2 saturated heterocycles. The van der Waals surface area contributed by atoms with Crippen molar-refractivity contribution in [1.82, 2.24) is 14.9 Å². The van der Waals surface area contributed by atoms with E-state index in [0.717, 1.165) is 0 Å². The van der Waals surface area contributed by atoms with Crippen molar-refractivity contribution < 1.29 is 24.1 Å². The second-order valence-corrected chi connectivity index (χ2v) is 6.02. The molecule has 0 spiro atoms. The van der Waals surface area contributed by atoms with Gasteiger partial charge in [-0.25, -0.2) is 4.98 Å². The summed E-state index contributed by atoms with van der Waals surface area (Å²) >= 11 is 0. The number of imidazole rings is 1. The maximum Gasteiger partial charge on any atom is 0.275 e. The number of aliphatic hydroxyl groups is 1. The molecule has 120 valence electrons. The molecule has 3 aliphatic heterocycles. The highest BCUT2D eigenvalue weighted by atomic mass is 16.8. The van der Waals surface area contributed by atoms with E-state index < -0.39 is 18.1 Å². The van der Waals surface area contributed by atoms with Crippen molar-refractivity contribution in [2.24, 2.45) is 0 Å². The minimum absolute atomic E-state index is 0.165. The van der Waals surface area contributed by atoms with Crippen molar-refractivity contribution in [1.29, 1.82) is 0 Å². The summed E-state index contributed by atoms with van der Waals surface area (Å²) < 4.78 is 19.3. The van der Waals surface area contributed by atoms with Gasteiger partial charge in [-0.1, -0.05) is 0 Å². The van der Waals surface area contributed by atoms with E-state index in [-0.39, 0.29) is 24.7 Å². The van der Waals surface area contributed by atoms with Crippen LogP contribution >= 0.6 is 0 Å². The van der Waals surface area contributed by atoms with Gasteiger partial charge in [-0.3, -0.25) is 9.36 Å². The summed E-state index contributed by atoms with van der Waals surface area (Å²) in [6.45, 7) is 3.81.